The van der Waals surface area contributed by atoms with Crippen molar-refractivity contribution in [1.29, 1.82) is 0 Å². The minimum Gasteiger partial charge on any atom is -0.330 e. The first-order valence-corrected chi connectivity index (χ1v) is 3.75. The van der Waals surface area contributed by atoms with Crippen LogP contribution >= 0.6 is 0 Å². The Morgan fingerprint density at radius 1 is 1.78 bits per heavy atom. The SMILES string of the molecule is C[C@@H](CN)[C@@H]1CCNC1. The molecule has 2 heteroatoms. The quantitative estimate of drug-likeness (QED) is 0.557. The fraction of sp³-hybridized carbons (Fsp3) is 1.00. The van der Waals surface area contributed by atoms with Crippen molar-refractivity contribution in [2.45, 2.75) is 13.3 Å². The van der Waals surface area contributed by atoms with Gasteiger partial charge in [-0.15, -0.1) is 0 Å². The Bertz CT molecular complexity index is 77.0. The summed E-state index contributed by atoms with van der Waals surface area (Å²) in [5.41, 5.74) is 5.52. The van der Waals surface area contributed by atoms with Crippen LogP contribution in [0.4, 0.5) is 0 Å². The molecule has 0 amide bonds. The molecular weight excluding hydrogens is 112 g/mol. The van der Waals surface area contributed by atoms with Crippen LogP contribution in [0.15, 0.2) is 0 Å². The van der Waals surface area contributed by atoms with Crippen molar-refractivity contribution < 1.29 is 0 Å². The molecule has 1 saturated heterocycles. The maximum Gasteiger partial charge on any atom is -0.00170 e. The molecular formula is C7H16N2. The molecule has 0 spiro atoms. The van der Waals surface area contributed by atoms with Crippen LogP contribution in [0.1, 0.15) is 13.3 Å². The molecule has 9 heavy (non-hydrogen) atoms. The lowest BCUT2D eigenvalue weighted by Gasteiger charge is -2.14. The van der Waals surface area contributed by atoms with Crippen molar-refractivity contribution in [2.24, 2.45) is 17.6 Å². The summed E-state index contributed by atoms with van der Waals surface area (Å²) in [5, 5.41) is 3.33. The summed E-state index contributed by atoms with van der Waals surface area (Å²) in [6.07, 6.45) is 1.32. The van der Waals surface area contributed by atoms with Gasteiger partial charge >= 0.3 is 0 Å². The predicted octanol–water partition coefficient (Wildman–Crippen LogP) is 0.191. The Kier molecular flexibility index (Phi) is 2.49. The van der Waals surface area contributed by atoms with Gasteiger partial charge in [0.1, 0.15) is 0 Å². The molecule has 1 fully saturated rings. The highest BCUT2D eigenvalue weighted by molar-refractivity contribution is 4.75. The van der Waals surface area contributed by atoms with E-state index >= 15 is 0 Å². The Morgan fingerprint density at radius 3 is 3.00 bits per heavy atom. The predicted molar refractivity (Wildman–Crippen MR) is 39.2 cm³/mol. The van der Waals surface area contributed by atoms with Gasteiger partial charge in [0.15, 0.2) is 0 Å². The normalized spacial score (nSPS) is 30.7. The molecule has 1 aliphatic rings. The third kappa shape index (κ3) is 1.66. The first-order chi connectivity index (χ1) is 4.34. The molecule has 0 unspecified atom stereocenters. The molecule has 2 nitrogen and oxygen atoms in total. The van der Waals surface area contributed by atoms with Crippen LogP contribution in [0.5, 0.6) is 0 Å². The summed E-state index contributed by atoms with van der Waals surface area (Å²) < 4.78 is 0. The summed E-state index contributed by atoms with van der Waals surface area (Å²) >= 11 is 0. The number of nitrogens with one attached hydrogen (secondary N) is 1. The van der Waals surface area contributed by atoms with Crippen molar-refractivity contribution in [1.82, 2.24) is 5.32 Å². The molecule has 2 atom stereocenters. The van der Waals surface area contributed by atoms with Gasteiger partial charge in [-0.2, -0.15) is 0 Å². The average molecular weight is 128 g/mol. The average Bonchev–Trinajstić information content (AvgIpc) is 2.37. The molecule has 54 valence electrons. The largest absolute Gasteiger partial charge is 0.330 e. The Balaban J connectivity index is 2.24. The van der Waals surface area contributed by atoms with Gasteiger partial charge < -0.3 is 11.1 Å². The van der Waals surface area contributed by atoms with Crippen LogP contribution in [0.2, 0.25) is 0 Å². The highest BCUT2D eigenvalue weighted by atomic mass is 14.9. The van der Waals surface area contributed by atoms with Gasteiger partial charge in [-0.3, -0.25) is 0 Å². The van der Waals surface area contributed by atoms with E-state index in [1.807, 2.05) is 0 Å². The minimum absolute atomic E-state index is 0.708. The summed E-state index contributed by atoms with van der Waals surface area (Å²) in [6, 6.07) is 0. The van der Waals surface area contributed by atoms with Gasteiger partial charge in [0, 0.05) is 0 Å². The van der Waals surface area contributed by atoms with Crippen LogP contribution in [0.3, 0.4) is 0 Å². The lowest BCUT2D eigenvalue weighted by molar-refractivity contribution is 0.396. The van der Waals surface area contributed by atoms with Gasteiger partial charge in [-0.1, -0.05) is 6.92 Å². The van der Waals surface area contributed by atoms with Crippen molar-refractivity contribution in [2.75, 3.05) is 19.6 Å². The van der Waals surface area contributed by atoms with Gasteiger partial charge in [-0.05, 0) is 37.9 Å². The molecule has 0 bridgehead atoms. The number of hydrogen-bond acceptors (Lipinski definition) is 2. The Labute approximate surface area is 56.8 Å². The van der Waals surface area contributed by atoms with E-state index in [2.05, 4.69) is 12.2 Å². The van der Waals surface area contributed by atoms with E-state index in [1.54, 1.807) is 0 Å². The van der Waals surface area contributed by atoms with E-state index in [-0.39, 0.29) is 0 Å². The highest BCUT2D eigenvalue weighted by Crippen LogP contribution is 2.16. The van der Waals surface area contributed by atoms with Crippen LogP contribution < -0.4 is 11.1 Å². The second-order valence-corrected chi connectivity index (χ2v) is 2.97. The number of hydrogen-bond donors (Lipinski definition) is 2. The number of rotatable bonds is 2. The second-order valence-electron chi connectivity index (χ2n) is 2.97. The Morgan fingerprint density at radius 2 is 2.56 bits per heavy atom. The molecule has 0 radical (unpaired) electrons. The summed E-state index contributed by atoms with van der Waals surface area (Å²) in [5.74, 6) is 1.55. The van der Waals surface area contributed by atoms with E-state index in [9.17, 15) is 0 Å². The van der Waals surface area contributed by atoms with Crippen molar-refractivity contribution in [3.05, 3.63) is 0 Å². The van der Waals surface area contributed by atoms with Gasteiger partial charge in [-0.25, -0.2) is 0 Å². The zero-order chi connectivity index (χ0) is 6.69. The highest BCUT2D eigenvalue weighted by Gasteiger charge is 2.19. The van der Waals surface area contributed by atoms with Crippen molar-refractivity contribution in [3.8, 4) is 0 Å². The fourth-order valence-corrected chi connectivity index (χ4v) is 1.36. The Hall–Kier alpha value is -0.0800. The minimum atomic E-state index is 0.708. The molecule has 1 rings (SSSR count). The second kappa shape index (κ2) is 3.18. The number of nitrogens with two attached hydrogens (primary N) is 1. The van der Waals surface area contributed by atoms with Crippen LogP contribution in [0, 0.1) is 11.8 Å². The molecule has 0 aliphatic carbocycles. The topological polar surface area (TPSA) is 38.0 Å². The summed E-state index contributed by atoms with van der Waals surface area (Å²) in [4.78, 5) is 0. The lowest BCUT2D eigenvalue weighted by Crippen LogP contribution is -2.22. The van der Waals surface area contributed by atoms with Crippen LogP contribution in [-0.2, 0) is 0 Å². The van der Waals surface area contributed by atoms with Gasteiger partial charge in [0.25, 0.3) is 0 Å². The molecule has 3 N–H and O–H groups in total. The van der Waals surface area contributed by atoms with Gasteiger partial charge in [0.2, 0.25) is 0 Å². The standard InChI is InChI=1S/C7H16N2/c1-6(4-8)7-2-3-9-5-7/h6-7,9H,2-5,8H2,1H3/t6-,7+/m0/s1. The maximum atomic E-state index is 5.52. The fourth-order valence-electron chi connectivity index (χ4n) is 1.36. The molecule has 0 aromatic heterocycles. The van der Waals surface area contributed by atoms with Crippen LogP contribution in [-0.4, -0.2) is 19.6 Å². The summed E-state index contributed by atoms with van der Waals surface area (Å²) in [7, 11) is 0. The van der Waals surface area contributed by atoms with Crippen molar-refractivity contribution in [3.63, 3.8) is 0 Å². The molecule has 0 aromatic rings. The van der Waals surface area contributed by atoms with E-state index in [0.717, 1.165) is 12.5 Å². The molecule has 0 aromatic carbocycles. The zero-order valence-electron chi connectivity index (χ0n) is 6.06. The maximum absolute atomic E-state index is 5.52. The smallest absolute Gasteiger partial charge is 0.00170 e. The monoisotopic (exact) mass is 128 g/mol. The van der Waals surface area contributed by atoms with Gasteiger partial charge in [0.05, 0.1) is 0 Å². The molecule has 1 aliphatic heterocycles. The first kappa shape index (κ1) is 7.03. The summed E-state index contributed by atoms with van der Waals surface area (Å²) in [6.45, 7) is 5.44. The van der Waals surface area contributed by atoms with E-state index < -0.39 is 0 Å². The molecule has 1 heterocycles. The zero-order valence-corrected chi connectivity index (χ0v) is 6.06. The van der Waals surface area contributed by atoms with E-state index in [1.165, 1.54) is 19.5 Å². The van der Waals surface area contributed by atoms with E-state index in [4.69, 9.17) is 5.73 Å². The van der Waals surface area contributed by atoms with E-state index in [0.29, 0.717) is 5.92 Å². The first-order valence-electron chi connectivity index (χ1n) is 3.75. The van der Waals surface area contributed by atoms with Crippen LogP contribution in [0.25, 0.3) is 0 Å². The third-order valence-corrected chi connectivity index (χ3v) is 2.27. The molecule has 0 saturated carbocycles. The van der Waals surface area contributed by atoms with Crippen molar-refractivity contribution >= 4 is 0 Å². The third-order valence-electron chi connectivity index (χ3n) is 2.27. The lowest BCUT2D eigenvalue weighted by atomic mass is 9.94.